The van der Waals surface area contributed by atoms with Crippen molar-refractivity contribution in [3.05, 3.63) is 90.0 Å². The molecule has 3 N–H and O–H groups in total. The van der Waals surface area contributed by atoms with Gasteiger partial charge in [0, 0.05) is 17.8 Å². The summed E-state index contributed by atoms with van der Waals surface area (Å²) in [6, 6.07) is 24.2. The van der Waals surface area contributed by atoms with Gasteiger partial charge in [-0.25, -0.2) is 0 Å². The summed E-state index contributed by atoms with van der Waals surface area (Å²) in [7, 11) is 0. The number of benzene rings is 3. The number of unbranched alkanes of at least 4 members (excludes halogenated alkanes) is 3. The highest BCUT2D eigenvalue weighted by Gasteiger charge is 2.14. The highest BCUT2D eigenvalue weighted by Crippen LogP contribution is 2.19. The average Bonchev–Trinajstić information content (AvgIpc) is 2.89. The summed E-state index contributed by atoms with van der Waals surface area (Å²) < 4.78 is 5.83. The lowest BCUT2D eigenvalue weighted by molar-refractivity contribution is -0.116. The number of ether oxygens (including phenoxy) is 1. The van der Waals surface area contributed by atoms with Crippen molar-refractivity contribution in [2.75, 3.05) is 17.2 Å². The van der Waals surface area contributed by atoms with E-state index in [0.29, 0.717) is 42.1 Å². The van der Waals surface area contributed by atoms with Crippen LogP contribution in [0, 0.1) is 0 Å². The van der Waals surface area contributed by atoms with Crippen molar-refractivity contribution < 1.29 is 14.3 Å². The predicted octanol–water partition coefficient (Wildman–Crippen LogP) is 6.34. The maximum absolute atomic E-state index is 12.8. The molecule has 3 rings (SSSR count). The zero-order valence-corrected chi connectivity index (χ0v) is 21.4. The second-order valence-electron chi connectivity index (χ2n) is 8.42. The van der Waals surface area contributed by atoms with E-state index in [1.54, 1.807) is 42.5 Å². The molecular weight excluding hydrogens is 470 g/mol. The van der Waals surface area contributed by atoms with Crippen LogP contribution >= 0.6 is 12.2 Å². The molecule has 0 bridgehead atoms. The lowest BCUT2D eigenvalue weighted by Crippen LogP contribution is -2.34. The van der Waals surface area contributed by atoms with E-state index in [1.807, 2.05) is 36.4 Å². The minimum absolute atomic E-state index is 0.0476. The molecule has 7 heteroatoms. The van der Waals surface area contributed by atoms with Crippen LogP contribution in [0.1, 0.15) is 54.9 Å². The molecule has 188 valence electrons. The Morgan fingerprint density at radius 3 is 2.19 bits per heavy atom. The maximum Gasteiger partial charge on any atom is 0.261 e. The van der Waals surface area contributed by atoms with Crippen LogP contribution in [0.4, 0.5) is 11.4 Å². The standard InChI is InChI=1S/C29H33N3O3S/c1-2-3-4-10-21-35-26-14-9-8-13-25(26)28(34)32-29(36)31-24-18-16-23(17-19-24)30-27(33)20-15-22-11-6-5-7-12-22/h5-9,11-14,16-19H,2-4,10,15,20-21H2,1H3,(H,30,33)(H2,31,32,34,36). The van der Waals surface area contributed by atoms with Crippen molar-refractivity contribution >= 4 is 40.5 Å². The SMILES string of the molecule is CCCCCCOc1ccccc1C(=O)NC(=S)Nc1ccc(NC(=O)CCc2ccccc2)cc1. The van der Waals surface area contributed by atoms with Gasteiger partial charge < -0.3 is 15.4 Å². The highest BCUT2D eigenvalue weighted by molar-refractivity contribution is 7.80. The van der Waals surface area contributed by atoms with Gasteiger partial charge in [0.2, 0.25) is 5.91 Å². The number of carbonyl (C=O) groups is 2. The number of carbonyl (C=O) groups excluding carboxylic acids is 2. The quantitative estimate of drug-likeness (QED) is 0.198. The van der Waals surface area contributed by atoms with Gasteiger partial charge in [0.15, 0.2) is 5.11 Å². The molecule has 0 saturated carbocycles. The van der Waals surface area contributed by atoms with Gasteiger partial charge in [-0.2, -0.15) is 0 Å². The van der Waals surface area contributed by atoms with Gasteiger partial charge in [-0.05, 0) is 67.0 Å². The van der Waals surface area contributed by atoms with Crippen LogP contribution in [0.25, 0.3) is 0 Å². The fourth-order valence-electron chi connectivity index (χ4n) is 3.59. The Morgan fingerprint density at radius 1 is 0.806 bits per heavy atom. The van der Waals surface area contributed by atoms with Gasteiger partial charge in [0.25, 0.3) is 5.91 Å². The molecule has 0 saturated heterocycles. The molecule has 0 aliphatic rings. The van der Waals surface area contributed by atoms with Gasteiger partial charge in [0.05, 0.1) is 12.2 Å². The summed E-state index contributed by atoms with van der Waals surface area (Å²) in [5.74, 6) is 0.161. The van der Waals surface area contributed by atoms with Crippen molar-refractivity contribution in [3.63, 3.8) is 0 Å². The van der Waals surface area contributed by atoms with Crippen LogP contribution < -0.4 is 20.7 Å². The van der Waals surface area contributed by atoms with Crippen LogP contribution in [0.5, 0.6) is 5.75 Å². The van der Waals surface area contributed by atoms with Crippen molar-refractivity contribution in [3.8, 4) is 5.75 Å². The molecule has 0 atom stereocenters. The van der Waals surface area contributed by atoms with Gasteiger partial charge in [-0.3, -0.25) is 14.9 Å². The fraction of sp³-hybridized carbons (Fsp3) is 0.276. The van der Waals surface area contributed by atoms with Crippen LogP contribution in [0.2, 0.25) is 0 Å². The first-order valence-electron chi connectivity index (χ1n) is 12.3. The third-order valence-electron chi connectivity index (χ3n) is 5.52. The van der Waals surface area contributed by atoms with E-state index in [2.05, 4.69) is 22.9 Å². The number of thiocarbonyl (C=S) groups is 1. The maximum atomic E-state index is 12.8. The molecule has 3 aromatic rings. The number of amides is 2. The molecule has 0 spiro atoms. The van der Waals surface area contributed by atoms with E-state index < -0.39 is 0 Å². The minimum Gasteiger partial charge on any atom is -0.493 e. The molecular formula is C29H33N3O3S. The van der Waals surface area contributed by atoms with Gasteiger partial charge in [-0.1, -0.05) is 68.7 Å². The van der Waals surface area contributed by atoms with Gasteiger partial charge in [-0.15, -0.1) is 0 Å². The summed E-state index contributed by atoms with van der Waals surface area (Å²) in [5, 5.41) is 8.78. The Labute approximate surface area is 218 Å². The van der Waals surface area contributed by atoms with Crippen molar-refractivity contribution in [1.82, 2.24) is 5.32 Å². The fourth-order valence-corrected chi connectivity index (χ4v) is 3.80. The molecule has 3 aromatic carbocycles. The zero-order valence-electron chi connectivity index (χ0n) is 20.6. The molecule has 0 aliphatic carbocycles. The van der Waals surface area contributed by atoms with Gasteiger partial charge in [0.1, 0.15) is 5.75 Å². The number of hydrogen-bond acceptors (Lipinski definition) is 4. The predicted molar refractivity (Wildman–Crippen MR) is 150 cm³/mol. The molecule has 36 heavy (non-hydrogen) atoms. The van der Waals surface area contributed by atoms with E-state index in [1.165, 1.54) is 6.42 Å². The Bertz CT molecular complexity index is 1130. The summed E-state index contributed by atoms with van der Waals surface area (Å²) in [6.07, 6.45) is 5.49. The third kappa shape index (κ3) is 9.15. The normalized spacial score (nSPS) is 10.4. The lowest BCUT2D eigenvalue weighted by atomic mass is 10.1. The molecule has 2 amide bonds. The molecule has 0 aromatic heterocycles. The van der Waals surface area contributed by atoms with Crippen LogP contribution in [0.15, 0.2) is 78.9 Å². The first-order valence-corrected chi connectivity index (χ1v) is 12.7. The number of hydrogen-bond donors (Lipinski definition) is 3. The largest absolute Gasteiger partial charge is 0.493 e. The molecule has 0 unspecified atom stereocenters. The van der Waals surface area contributed by atoms with E-state index in [9.17, 15) is 9.59 Å². The summed E-state index contributed by atoms with van der Waals surface area (Å²) in [6.45, 7) is 2.74. The molecule has 0 aliphatic heterocycles. The molecule has 0 fully saturated rings. The van der Waals surface area contributed by atoms with E-state index in [4.69, 9.17) is 17.0 Å². The van der Waals surface area contributed by atoms with Crippen LogP contribution in [-0.2, 0) is 11.2 Å². The topological polar surface area (TPSA) is 79.5 Å². The monoisotopic (exact) mass is 503 g/mol. The summed E-state index contributed by atoms with van der Waals surface area (Å²) in [5.41, 5.74) is 2.95. The first-order chi connectivity index (χ1) is 17.5. The number of para-hydroxylation sites is 1. The smallest absolute Gasteiger partial charge is 0.261 e. The van der Waals surface area contributed by atoms with E-state index in [-0.39, 0.29) is 16.9 Å². The highest BCUT2D eigenvalue weighted by atomic mass is 32.1. The van der Waals surface area contributed by atoms with Crippen LogP contribution in [-0.4, -0.2) is 23.5 Å². The number of anilines is 2. The van der Waals surface area contributed by atoms with Crippen molar-refractivity contribution in [1.29, 1.82) is 0 Å². The first kappa shape index (κ1) is 26.9. The molecule has 6 nitrogen and oxygen atoms in total. The molecule has 0 radical (unpaired) electrons. The zero-order chi connectivity index (χ0) is 25.6. The third-order valence-corrected chi connectivity index (χ3v) is 5.73. The van der Waals surface area contributed by atoms with Crippen molar-refractivity contribution in [2.45, 2.75) is 45.4 Å². The Kier molecular flexibility index (Phi) is 10.9. The second kappa shape index (κ2) is 14.6. The second-order valence-corrected chi connectivity index (χ2v) is 8.83. The Hall–Kier alpha value is -3.71. The number of aryl methyl sites for hydroxylation is 1. The van der Waals surface area contributed by atoms with Crippen molar-refractivity contribution in [2.24, 2.45) is 0 Å². The van der Waals surface area contributed by atoms with E-state index in [0.717, 1.165) is 24.8 Å². The van der Waals surface area contributed by atoms with Crippen LogP contribution in [0.3, 0.4) is 0 Å². The lowest BCUT2D eigenvalue weighted by Gasteiger charge is -2.13. The molecule has 0 heterocycles. The Morgan fingerprint density at radius 2 is 1.47 bits per heavy atom. The number of rotatable bonds is 12. The summed E-state index contributed by atoms with van der Waals surface area (Å²) in [4.78, 5) is 25.0. The van der Waals surface area contributed by atoms with E-state index >= 15 is 0 Å². The summed E-state index contributed by atoms with van der Waals surface area (Å²) >= 11 is 5.32. The Balaban J connectivity index is 1.46. The number of nitrogens with one attached hydrogen (secondary N) is 3. The average molecular weight is 504 g/mol. The minimum atomic E-state index is -0.334. The van der Waals surface area contributed by atoms with Gasteiger partial charge >= 0.3 is 0 Å².